The van der Waals surface area contributed by atoms with Crippen LogP contribution in [0, 0.1) is 0 Å². The quantitative estimate of drug-likeness (QED) is 0.820. The van der Waals surface area contributed by atoms with Crippen LogP contribution in [-0.4, -0.2) is 24.4 Å². The number of nitrogens with one attached hydrogen (secondary N) is 1. The van der Waals surface area contributed by atoms with Gasteiger partial charge in [-0.15, -0.1) is 11.3 Å². The van der Waals surface area contributed by atoms with Crippen LogP contribution in [0.3, 0.4) is 0 Å². The monoisotopic (exact) mass is 305 g/mol. The molecular formula is C11H16BrNO2S. The number of thiophene rings is 1. The van der Waals surface area contributed by atoms with E-state index in [-0.39, 0.29) is 5.91 Å². The Labute approximate surface area is 108 Å². The van der Waals surface area contributed by atoms with Gasteiger partial charge >= 0.3 is 0 Å². The Hall–Kier alpha value is -0.550. The molecule has 1 heterocycles. The van der Waals surface area contributed by atoms with E-state index in [0.717, 1.165) is 12.8 Å². The summed E-state index contributed by atoms with van der Waals surface area (Å²) in [6, 6.07) is 1.80. The third kappa shape index (κ3) is 3.79. The first kappa shape index (κ1) is 13.5. The molecule has 1 aromatic rings. The summed E-state index contributed by atoms with van der Waals surface area (Å²) in [5.74, 6) is 0.594. The average Bonchev–Trinajstić information content (AvgIpc) is 2.76. The number of hydrogen-bond acceptors (Lipinski definition) is 3. The standard InChI is InChI=1S/C11H16BrNO2S/c1-3-8(12)4-6-13-11(14)10-9(15-2)5-7-16-10/h5,7-8H,3-4,6H2,1-2H3,(H,13,14). The van der Waals surface area contributed by atoms with Gasteiger partial charge in [0.15, 0.2) is 0 Å². The number of ether oxygens (including phenoxy) is 1. The van der Waals surface area contributed by atoms with Gasteiger partial charge in [0, 0.05) is 11.4 Å². The molecule has 1 N–H and O–H groups in total. The van der Waals surface area contributed by atoms with Crippen LogP contribution in [0.15, 0.2) is 11.4 Å². The van der Waals surface area contributed by atoms with Gasteiger partial charge in [-0.3, -0.25) is 4.79 Å². The van der Waals surface area contributed by atoms with Gasteiger partial charge in [0.25, 0.3) is 5.91 Å². The number of amides is 1. The van der Waals surface area contributed by atoms with Crippen LogP contribution in [0.1, 0.15) is 29.4 Å². The molecular weight excluding hydrogens is 290 g/mol. The highest BCUT2D eigenvalue weighted by Gasteiger charge is 2.13. The molecule has 0 aliphatic heterocycles. The molecule has 0 saturated heterocycles. The molecule has 0 saturated carbocycles. The van der Waals surface area contributed by atoms with Crippen molar-refractivity contribution in [3.05, 3.63) is 16.3 Å². The SMILES string of the molecule is CCC(Br)CCNC(=O)c1sccc1OC. The van der Waals surface area contributed by atoms with Crippen LogP contribution in [0.25, 0.3) is 0 Å². The molecule has 1 unspecified atom stereocenters. The van der Waals surface area contributed by atoms with E-state index in [1.807, 2.05) is 5.38 Å². The molecule has 0 spiro atoms. The number of alkyl halides is 1. The fourth-order valence-corrected chi connectivity index (χ4v) is 2.25. The molecule has 0 aromatic carbocycles. The zero-order chi connectivity index (χ0) is 12.0. The first-order chi connectivity index (χ1) is 7.69. The summed E-state index contributed by atoms with van der Waals surface area (Å²) in [5.41, 5.74) is 0. The molecule has 0 fully saturated rings. The summed E-state index contributed by atoms with van der Waals surface area (Å²) >= 11 is 4.93. The maximum atomic E-state index is 11.8. The van der Waals surface area contributed by atoms with Gasteiger partial charge in [-0.2, -0.15) is 0 Å². The lowest BCUT2D eigenvalue weighted by molar-refractivity contribution is 0.0954. The minimum atomic E-state index is -0.0531. The summed E-state index contributed by atoms with van der Waals surface area (Å²) in [6.07, 6.45) is 2.01. The number of halogens is 1. The topological polar surface area (TPSA) is 38.3 Å². The summed E-state index contributed by atoms with van der Waals surface area (Å²) in [7, 11) is 1.57. The highest BCUT2D eigenvalue weighted by Crippen LogP contribution is 2.23. The summed E-state index contributed by atoms with van der Waals surface area (Å²) in [5, 5.41) is 4.74. The van der Waals surface area contributed by atoms with E-state index in [0.29, 0.717) is 22.0 Å². The van der Waals surface area contributed by atoms with Crippen molar-refractivity contribution in [3.63, 3.8) is 0 Å². The predicted octanol–water partition coefficient (Wildman–Crippen LogP) is 3.05. The first-order valence-electron chi connectivity index (χ1n) is 5.22. The predicted molar refractivity (Wildman–Crippen MR) is 70.8 cm³/mol. The normalized spacial score (nSPS) is 12.2. The van der Waals surface area contributed by atoms with Gasteiger partial charge in [0.05, 0.1) is 7.11 Å². The summed E-state index contributed by atoms with van der Waals surface area (Å²) in [6.45, 7) is 2.80. The van der Waals surface area contributed by atoms with Crippen molar-refractivity contribution in [1.29, 1.82) is 0 Å². The maximum Gasteiger partial charge on any atom is 0.265 e. The van der Waals surface area contributed by atoms with Crippen LogP contribution in [0.2, 0.25) is 0 Å². The minimum absolute atomic E-state index is 0.0531. The van der Waals surface area contributed by atoms with Crippen molar-refractivity contribution in [2.45, 2.75) is 24.6 Å². The van der Waals surface area contributed by atoms with Crippen molar-refractivity contribution >= 4 is 33.2 Å². The Morgan fingerprint density at radius 1 is 1.69 bits per heavy atom. The molecule has 1 aromatic heterocycles. The zero-order valence-corrected chi connectivity index (χ0v) is 11.9. The fourth-order valence-electron chi connectivity index (χ4n) is 1.25. The van der Waals surface area contributed by atoms with Gasteiger partial charge in [-0.25, -0.2) is 0 Å². The molecule has 0 bridgehead atoms. The van der Waals surface area contributed by atoms with Crippen LogP contribution < -0.4 is 10.1 Å². The second-order valence-corrected chi connectivity index (χ2v) is 5.58. The van der Waals surface area contributed by atoms with Gasteiger partial charge in [-0.1, -0.05) is 22.9 Å². The molecule has 1 amide bonds. The van der Waals surface area contributed by atoms with Gasteiger partial charge in [0.1, 0.15) is 10.6 Å². The Morgan fingerprint density at radius 3 is 3.06 bits per heavy atom. The molecule has 3 nitrogen and oxygen atoms in total. The smallest absolute Gasteiger partial charge is 0.265 e. The second kappa shape index (κ2) is 6.91. The van der Waals surface area contributed by atoms with Gasteiger partial charge in [0.2, 0.25) is 0 Å². The second-order valence-electron chi connectivity index (χ2n) is 3.37. The van der Waals surface area contributed by atoms with E-state index in [1.54, 1.807) is 13.2 Å². The lowest BCUT2D eigenvalue weighted by atomic mass is 10.2. The molecule has 16 heavy (non-hydrogen) atoms. The van der Waals surface area contributed by atoms with Crippen LogP contribution >= 0.6 is 27.3 Å². The van der Waals surface area contributed by atoms with Gasteiger partial charge in [-0.05, 0) is 24.3 Å². The Morgan fingerprint density at radius 2 is 2.44 bits per heavy atom. The van der Waals surface area contributed by atoms with E-state index in [4.69, 9.17) is 4.74 Å². The molecule has 0 radical (unpaired) electrons. The molecule has 0 aliphatic rings. The van der Waals surface area contributed by atoms with Crippen molar-refractivity contribution < 1.29 is 9.53 Å². The lowest BCUT2D eigenvalue weighted by Crippen LogP contribution is -2.25. The molecule has 0 aliphatic carbocycles. The zero-order valence-electron chi connectivity index (χ0n) is 9.46. The Balaban J connectivity index is 2.41. The van der Waals surface area contributed by atoms with Crippen LogP contribution in [0.5, 0.6) is 5.75 Å². The van der Waals surface area contributed by atoms with E-state index < -0.39 is 0 Å². The maximum absolute atomic E-state index is 11.8. The highest BCUT2D eigenvalue weighted by molar-refractivity contribution is 9.09. The fraction of sp³-hybridized carbons (Fsp3) is 0.545. The van der Waals surface area contributed by atoms with E-state index in [1.165, 1.54) is 11.3 Å². The Kier molecular flexibility index (Phi) is 5.84. The number of rotatable bonds is 6. The summed E-state index contributed by atoms with van der Waals surface area (Å²) in [4.78, 5) is 12.9. The summed E-state index contributed by atoms with van der Waals surface area (Å²) < 4.78 is 5.10. The molecule has 5 heteroatoms. The molecule has 1 rings (SSSR count). The van der Waals surface area contributed by atoms with Crippen LogP contribution in [0.4, 0.5) is 0 Å². The first-order valence-corrected chi connectivity index (χ1v) is 7.02. The van der Waals surface area contributed by atoms with Crippen molar-refractivity contribution in [2.75, 3.05) is 13.7 Å². The third-order valence-electron chi connectivity index (χ3n) is 2.24. The lowest BCUT2D eigenvalue weighted by Gasteiger charge is -2.08. The van der Waals surface area contributed by atoms with E-state index >= 15 is 0 Å². The average molecular weight is 306 g/mol. The van der Waals surface area contributed by atoms with E-state index in [9.17, 15) is 4.79 Å². The van der Waals surface area contributed by atoms with Crippen molar-refractivity contribution in [3.8, 4) is 5.75 Å². The van der Waals surface area contributed by atoms with E-state index in [2.05, 4.69) is 28.2 Å². The minimum Gasteiger partial charge on any atom is -0.495 e. The van der Waals surface area contributed by atoms with Crippen LogP contribution in [-0.2, 0) is 0 Å². The number of methoxy groups -OCH3 is 1. The molecule has 1 atom stereocenters. The Bertz CT molecular complexity index is 340. The third-order valence-corrected chi connectivity index (χ3v) is 4.24. The highest BCUT2D eigenvalue weighted by atomic mass is 79.9. The largest absolute Gasteiger partial charge is 0.495 e. The molecule has 90 valence electrons. The van der Waals surface area contributed by atoms with Crippen molar-refractivity contribution in [1.82, 2.24) is 5.32 Å². The number of carbonyl (C=O) groups is 1. The van der Waals surface area contributed by atoms with Gasteiger partial charge < -0.3 is 10.1 Å². The van der Waals surface area contributed by atoms with Crippen molar-refractivity contribution in [2.24, 2.45) is 0 Å². The number of carbonyl (C=O) groups excluding carboxylic acids is 1. The number of hydrogen-bond donors (Lipinski definition) is 1.